The minimum Gasteiger partial charge on any atom is -0.458 e. The lowest BCUT2D eigenvalue weighted by Gasteiger charge is -2.47. The average Bonchev–Trinajstić information content (AvgIpc) is 2.50. The van der Waals surface area contributed by atoms with Crippen LogP contribution in [0.1, 0.15) is 33.1 Å². The summed E-state index contributed by atoms with van der Waals surface area (Å²) in [6.45, 7) is 8.19. The Morgan fingerprint density at radius 1 is 1.50 bits per heavy atom. The van der Waals surface area contributed by atoms with Crippen molar-refractivity contribution in [2.75, 3.05) is 0 Å². The molecule has 1 aliphatic heterocycles. The lowest BCUT2D eigenvalue weighted by molar-refractivity contribution is -0.140. The number of esters is 1. The molecule has 3 nitrogen and oxygen atoms in total. The Kier molecular flexibility index (Phi) is 2.46. The molecule has 1 saturated heterocycles. The monoisotopic (exact) mass is 248 g/mol. The van der Waals surface area contributed by atoms with E-state index in [1.54, 1.807) is 0 Å². The number of carbonyl (C=O) groups excluding carboxylic acids is 1. The third kappa shape index (κ3) is 1.57. The van der Waals surface area contributed by atoms with Crippen LogP contribution in [0.15, 0.2) is 23.8 Å². The summed E-state index contributed by atoms with van der Waals surface area (Å²) in [6, 6.07) is 0. The van der Waals surface area contributed by atoms with Crippen molar-refractivity contribution in [3.8, 4) is 0 Å². The zero-order chi connectivity index (χ0) is 13.1. The lowest BCUT2D eigenvalue weighted by atomic mass is 9.59. The number of allylic oxidation sites excluding steroid dienone is 1. The van der Waals surface area contributed by atoms with E-state index < -0.39 is 0 Å². The summed E-state index contributed by atoms with van der Waals surface area (Å²) in [5, 5.41) is 9.98. The number of aliphatic hydroxyl groups is 1. The molecule has 3 aliphatic rings. The highest BCUT2D eigenvalue weighted by molar-refractivity contribution is 5.91. The second-order valence-corrected chi connectivity index (χ2v) is 6.38. The topological polar surface area (TPSA) is 46.5 Å². The van der Waals surface area contributed by atoms with Gasteiger partial charge in [0.1, 0.15) is 6.10 Å². The summed E-state index contributed by atoms with van der Waals surface area (Å²) in [4.78, 5) is 11.6. The zero-order valence-corrected chi connectivity index (χ0v) is 11.0. The fourth-order valence-electron chi connectivity index (χ4n) is 4.08. The van der Waals surface area contributed by atoms with E-state index in [1.807, 2.05) is 0 Å². The van der Waals surface area contributed by atoms with Crippen molar-refractivity contribution in [1.82, 2.24) is 0 Å². The summed E-state index contributed by atoms with van der Waals surface area (Å²) in [5.41, 5.74) is 1.95. The van der Waals surface area contributed by atoms with Crippen LogP contribution in [0.5, 0.6) is 0 Å². The number of hydrogen-bond acceptors (Lipinski definition) is 3. The summed E-state index contributed by atoms with van der Waals surface area (Å²) in [6.07, 6.45) is 4.29. The molecule has 0 spiro atoms. The molecule has 0 radical (unpaired) electrons. The molecule has 2 aliphatic carbocycles. The first-order valence-corrected chi connectivity index (χ1v) is 6.71. The van der Waals surface area contributed by atoms with Gasteiger partial charge in [-0.25, -0.2) is 4.79 Å². The van der Waals surface area contributed by atoms with Gasteiger partial charge in [0.2, 0.25) is 0 Å². The number of rotatable bonds is 0. The van der Waals surface area contributed by atoms with Crippen molar-refractivity contribution in [2.45, 2.75) is 45.3 Å². The van der Waals surface area contributed by atoms with Crippen LogP contribution in [-0.2, 0) is 9.53 Å². The smallest absolute Gasteiger partial charge is 0.334 e. The van der Waals surface area contributed by atoms with E-state index >= 15 is 0 Å². The number of hydrogen-bond donors (Lipinski definition) is 1. The van der Waals surface area contributed by atoms with Crippen molar-refractivity contribution < 1.29 is 14.6 Å². The molecule has 3 rings (SSSR count). The molecular weight excluding hydrogens is 228 g/mol. The Labute approximate surface area is 108 Å². The summed E-state index contributed by atoms with van der Waals surface area (Å²) < 4.78 is 5.40. The third-order valence-electron chi connectivity index (χ3n) is 4.87. The minimum atomic E-state index is -0.253. The molecule has 0 aromatic heterocycles. The molecule has 1 N–H and O–H groups in total. The Morgan fingerprint density at radius 2 is 2.22 bits per heavy atom. The lowest BCUT2D eigenvalue weighted by Crippen LogP contribution is -2.42. The molecule has 0 aromatic carbocycles. The molecule has 0 aromatic rings. The van der Waals surface area contributed by atoms with Gasteiger partial charge in [0.05, 0.1) is 6.10 Å². The Balaban J connectivity index is 2.00. The van der Waals surface area contributed by atoms with E-state index in [4.69, 9.17) is 4.74 Å². The van der Waals surface area contributed by atoms with Gasteiger partial charge in [-0.3, -0.25) is 0 Å². The first kappa shape index (κ1) is 12.0. The highest BCUT2D eigenvalue weighted by Crippen LogP contribution is 2.53. The maximum Gasteiger partial charge on any atom is 0.334 e. The van der Waals surface area contributed by atoms with Gasteiger partial charge in [-0.05, 0) is 30.6 Å². The molecular formula is C15H20O3. The number of ether oxygens (including phenoxy) is 1. The van der Waals surface area contributed by atoms with E-state index in [0.29, 0.717) is 11.5 Å². The van der Waals surface area contributed by atoms with E-state index in [-0.39, 0.29) is 29.5 Å². The number of fused-ring (bicyclic) bond motifs is 2. The highest BCUT2D eigenvalue weighted by Gasteiger charge is 2.50. The highest BCUT2D eigenvalue weighted by atomic mass is 16.6. The molecule has 18 heavy (non-hydrogen) atoms. The maximum absolute atomic E-state index is 11.6. The quantitative estimate of drug-likeness (QED) is 0.406. The maximum atomic E-state index is 11.6. The van der Waals surface area contributed by atoms with Crippen molar-refractivity contribution in [2.24, 2.45) is 17.3 Å². The molecule has 98 valence electrons. The van der Waals surface area contributed by atoms with Crippen LogP contribution in [0, 0.1) is 17.3 Å². The molecule has 0 bridgehead atoms. The molecule has 0 unspecified atom stereocenters. The Morgan fingerprint density at radius 3 is 2.94 bits per heavy atom. The van der Waals surface area contributed by atoms with Gasteiger partial charge >= 0.3 is 5.97 Å². The molecule has 1 saturated carbocycles. The van der Waals surface area contributed by atoms with Crippen LogP contribution < -0.4 is 0 Å². The standard InChI is InChI=1S/C15H20O3/c1-8-4-10(16)6-15(3)7-13-11(5-12(8)15)9(2)14(17)18-13/h5,8,10-11,13,16H,2,4,6-7H2,1,3H3/t8-,10-,11+,13+,15+/m1/s1. The predicted molar refractivity (Wildman–Crippen MR) is 67.7 cm³/mol. The summed E-state index contributed by atoms with van der Waals surface area (Å²) >= 11 is 0. The number of aliphatic hydroxyl groups excluding tert-OH is 1. The first-order chi connectivity index (χ1) is 8.40. The van der Waals surface area contributed by atoms with Gasteiger partial charge < -0.3 is 9.84 Å². The summed E-state index contributed by atoms with van der Waals surface area (Å²) in [5.74, 6) is 0.179. The van der Waals surface area contributed by atoms with Gasteiger partial charge in [0, 0.05) is 11.5 Å². The van der Waals surface area contributed by atoms with E-state index in [0.717, 1.165) is 19.3 Å². The number of carbonyl (C=O) groups is 1. The molecule has 0 amide bonds. The Bertz CT molecular complexity index is 451. The van der Waals surface area contributed by atoms with Crippen LogP contribution in [0.4, 0.5) is 0 Å². The van der Waals surface area contributed by atoms with Crippen LogP contribution in [0.3, 0.4) is 0 Å². The minimum absolute atomic E-state index is 0.0247. The first-order valence-electron chi connectivity index (χ1n) is 6.71. The van der Waals surface area contributed by atoms with Gasteiger partial charge in [-0.15, -0.1) is 0 Å². The molecule has 1 heterocycles. The zero-order valence-electron chi connectivity index (χ0n) is 11.0. The van der Waals surface area contributed by atoms with Crippen molar-refractivity contribution in [3.05, 3.63) is 23.8 Å². The van der Waals surface area contributed by atoms with Crippen molar-refractivity contribution in [1.29, 1.82) is 0 Å². The van der Waals surface area contributed by atoms with Crippen LogP contribution >= 0.6 is 0 Å². The normalized spacial score (nSPS) is 47.2. The van der Waals surface area contributed by atoms with Gasteiger partial charge in [0.15, 0.2) is 0 Å². The van der Waals surface area contributed by atoms with E-state index in [9.17, 15) is 9.90 Å². The van der Waals surface area contributed by atoms with Gasteiger partial charge in [-0.1, -0.05) is 32.1 Å². The SMILES string of the molecule is C=C1C(=O)O[C@H]2C[C@]3(C)C[C@H](O)C[C@@H](C)C3=C[C@@H]12. The Hall–Kier alpha value is -1.09. The van der Waals surface area contributed by atoms with Crippen LogP contribution in [0.2, 0.25) is 0 Å². The molecule has 2 fully saturated rings. The van der Waals surface area contributed by atoms with Crippen molar-refractivity contribution >= 4 is 5.97 Å². The van der Waals surface area contributed by atoms with Crippen LogP contribution in [0.25, 0.3) is 0 Å². The third-order valence-corrected chi connectivity index (χ3v) is 4.87. The van der Waals surface area contributed by atoms with Crippen molar-refractivity contribution in [3.63, 3.8) is 0 Å². The second kappa shape index (κ2) is 3.70. The predicted octanol–water partition coefficient (Wildman–Crippen LogP) is 2.21. The largest absolute Gasteiger partial charge is 0.458 e. The van der Waals surface area contributed by atoms with E-state index in [1.165, 1.54) is 5.57 Å². The van der Waals surface area contributed by atoms with Gasteiger partial charge in [0.25, 0.3) is 0 Å². The second-order valence-electron chi connectivity index (χ2n) is 6.38. The fraction of sp³-hybridized carbons (Fsp3) is 0.667. The average molecular weight is 248 g/mol. The summed E-state index contributed by atoms with van der Waals surface area (Å²) in [7, 11) is 0. The fourth-order valence-corrected chi connectivity index (χ4v) is 4.08. The molecule has 5 atom stereocenters. The van der Waals surface area contributed by atoms with E-state index in [2.05, 4.69) is 26.5 Å². The van der Waals surface area contributed by atoms with Gasteiger partial charge in [-0.2, -0.15) is 0 Å². The molecule has 3 heteroatoms. The van der Waals surface area contributed by atoms with Crippen LogP contribution in [-0.4, -0.2) is 23.3 Å².